The van der Waals surface area contributed by atoms with E-state index in [1.54, 1.807) is 7.11 Å². The van der Waals surface area contributed by atoms with Crippen molar-refractivity contribution < 1.29 is 19.3 Å². The van der Waals surface area contributed by atoms with Crippen molar-refractivity contribution in [2.75, 3.05) is 44.8 Å². The average molecular weight is 335 g/mol. The van der Waals surface area contributed by atoms with E-state index < -0.39 is 6.10 Å². The zero-order valence-electron chi connectivity index (χ0n) is 13.9. The quantitative estimate of drug-likeness (QED) is 0.780. The second-order valence-corrected chi connectivity index (χ2v) is 6.63. The highest BCUT2D eigenvalue weighted by molar-refractivity contribution is 5.58. The molecule has 0 aromatic heterocycles. The fraction of sp³-hybridized carbons (Fsp3) is 0.647. The minimum atomic E-state index is -0.617. The molecule has 5 atom stereocenters. The summed E-state index contributed by atoms with van der Waals surface area (Å²) >= 11 is 0. The molecule has 132 valence electrons. The third kappa shape index (κ3) is 2.66. The summed E-state index contributed by atoms with van der Waals surface area (Å²) in [5.41, 5.74) is 7.21. The van der Waals surface area contributed by atoms with Crippen LogP contribution in [-0.2, 0) is 9.47 Å². The van der Waals surface area contributed by atoms with Gasteiger partial charge in [-0.3, -0.25) is 4.90 Å². The molecule has 1 aromatic rings. The Morgan fingerprint density at radius 2 is 1.96 bits per heavy atom. The Hall–Kier alpha value is -1.38. The van der Waals surface area contributed by atoms with Gasteiger partial charge in [-0.25, -0.2) is 0 Å². The molecule has 0 amide bonds. The van der Waals surface area contributed by atoms with Crippen molar-refractivity contribution >= 4 is 5.69 Å². The van der Waals surface area contributed by atoms with Crippen LogP contribution in [0.5, 0.6) is 5.75 Å². The van der Waals surface area contributed by atoms with Gasteiger partial charge in [0.25, 0.3) is 0 Å². The lowest BCUT2D eigenvalue weighted by Crippen LogP contribution is -2.65. The third-order valence-corrected chi connectivity index (χ3v) is 5.35. The first kappa shape index (κ1) is 16.1. The molecule has 0 radical (unpaired) electrons. The van der Waals surface area contributed by atoms with Crippen molar-refractivity contribution in [3.8, 4) is 5.75 Å². The van der Waals surface area contributed by atoms with Crippen LogP contribution in [0.2, 0.25) is 0 Å². The van der Waals surface area contributed by atoms with Crippen LogP contribution in [-0.4, -0.2) is 80.5 Å². The standard InChI is InChI=1S/C17H25N3O4/c1-22-12-5-3-2-4-11(12)19-6-8-20(9-7-19)15-16(21)14(18)13-10-23-17(15)24-13/h2-5,13-17,21H,6-10,18H2,1H3/t13-,14+,15-,16-,17+/m0/s1. The zero-order chi connectivity index (χ0) is 16.7. The number of ether oxygens (including phenoxy) is 3. The summed E-state index contributed by atoms with van der Waals surface area (Å²) in [7, 11) is 1.69. The number of nitrogens with two attached hydrogens (primary N) is 1. The highest BCUT2D eigenvalue weighted by Crippen LogP contribution is 2.33. The zero-order valence-corrected chi connectivity index (χ0v) is 13.9. The van der Waals surface area contributed by atoms with Gasteiger partial charge in [-0.05, 0) is 12.1 Å². The Morgan fingerprint density at radius 3 is 2.71 bits per heavy atom. The molecule has 0 saturated carbocycles. The van der Waals surface area contributed by atoms with Crippen LogP contribution in [0.1, 0.15) is 0 Å². The van der Waals surface area contributed by atoms with Gasteiger partial charge in [-0.15, -0.1) is 0 Å². The molecule has 0 spiro atoms. The Balaban J connectivity index is 1.44. The largest absolute Gasteiger partial charge is 0.495 e. The number of aliphatic hydroxyl groups excluding tert-OH is 1. The summed E-state index contributed by atoms with van der Waals surface area (Å²) in [6.45, 7) is 3.82. The average Bonchev–Trinajstić information content (AvgIpc) is 3.07. The molecular formula is C17H25N3O4. The third-order valence-electron chi connectivity index (χ3n) is 5.35. The van der Waals surface area contributed by atoms with E-state index in [9.17, 15) is 5.11 Å². The van der Waals surface area contributed by atoms with Crippen LogP contribution < -0.4 is 15.4 Å². The number of methoxy groups -OCH3 is 1. The van der Waals surface area contributed by atoms with Crippen molar-refractivity contribution in [3.63, 3.8) is 0 Å². The van der Waals surface area contributed by atoms with Gasteiger partial charge in [0.05, 0.1) is 37.6 Å². The first-order valence-electron chi connectivity index (χ1n) is 8.52. The lowest BCUT2D eigenvalue weighted by molar-refractivity contribution is -0.178. The second kappa shape index (κ2) is 6.50. The number of piperazine rings is 1. The van der Waals surface area contributed by atoms with Crippen molar-refractivity contribution in [2.24, 2.45) is 5.73 Å². The SMILES string of the molecule is COc1ccccc1N1CCN([C@@H]2[C@@H]3OC[C@H](O3)[C@@H](N)[C@@H]2O)CC1. The topological polar surface area (TPSA) is 80.4 Å². The molecule has 3 aliphatic rings. The Morgan fingerprint density at radius 1 is 1.21 bits per heavy atom. The number of aliphatic hydroxyl groups is 1. The molecule has 3 saturated heterocycles. The first-order valence-corrected chi connectivity index (χ1v) is 8.52. The number of anilines is 1. The molecule has 4 rings (SSSR count). The van der Waals surface area contributed by atoms with Gasteiger partial charge in [-0.2, -0.15) is 0 Å². The number of rotatable bonds is 3. The van der Waals surface area contributed by atoms with E-state index in [2.05, 4.69) is 15.9 Å². The van der Waals surface area contributed by atoms with Crippen molar-refractivity contribution in [1.29, 1.82) is 0 Å². The Bertz CT molecular complexity index is 579. The number of nitrogens with zero attached hydrogens (tertiary/aromatic N) is 2. The Kier molecular flexibility index (Phi) is 4.36. The van der Waals surface area contributed by atoms with Gasteiger partial charge < -0.3 is 30.0 Å². The van der Waals surface area contributed by atoms with Crippen LogP contribution in [0.15, 0.2) is 24.3 Å². The fourth-order valence-corrected chi connectivity index (χ4v) is 3.97. The molecule has 0 aliphatic carbocycles. The molecule has 2 bridgehead atoms. The highest BCUT2D eigenvalue weighted by atomic mass is 16.7. The summed E-state index contributed by atoms with van der Waals surface area (Å²) in [4.78, 5) is 4.55. The monoisotopic (exact) mass is 335 g/mol. The molecule has 1 aromatic carbocycles. The molecule has 3 fully saturated rings. The maximum absolute atomic E-state index is 10.6. The van der Waals surface area contributed by atoms with E-state index in [0.717, 1.165) is 37.6 Å². The van der Waals surface area contributed by atoms with Gasteiger partial charge in [-0.1, -0.05) is 12.1 Å². The van der Waals surface area contributed by atoms with Gasteiger partial charge in [0.2, 0.25) is 0 Å². The summed E-state index contributed by atoms with van der Waals surface area (Å²) in [5.74, 6) is 0.885. The second-order valence-electron chi connectivity index (χ2n) is 6.63. The van der Waals surface area contributed by atoms with Crippen molar-refractivity contribution in [1.82, 2.24) is 4.90 Å². The van der Waals surface area contributed by atoms with E-state index in [0.29, 0.717) is 6.61 Å². The summed E-state index contributed by atoms with van der Waals surface area (Å²) < 4.78 is 17.0. The number of fused-ring (bicyclic) bond motifs is 2. The number of hydrogen-bond donors (Lipinski definition) is 2. The minimum absolute atomic E-state index is 0.184. The minimum Gasteiger partial charge on any atom is -0.495 e. The van der Waals surface area contributed by atoms with Gasteiger partial charge >= 0.3 is 0 Å². The number of hydrogen-bond acceptors (Lipinski definition) is 7. The molecule has 3 aliphatic heterocycles. The molecule has 7 nitrogen and oxygen atoms in total. The lowest BCUT2D eigenvalue weighted by Gasteiger charge is -2.46. The molecule has 3 N–H and O–H groups in total. The highest BCUT2D eigenvalue weighted by Gasteiger charge is 2.51. The lowest BCUT2D eigenvalue weighted by atomic mass is 9.95. The van der Waals surface area contributed by atoms with E-state index in [1.807, 2.05) is 18.2 Å². The van der Waals surface area contributed by atoms with Gasteiger partial charge in [0, 0.05) is 26.2 Å². The van der Waals surface area contributed by atoms with E-state index in [4.69, 9.17) is 19.9 Å². The van der Waals surface area contributed by atoms with Crippen LogP contribution in [0, 0.1) is 0 Å². The van der Waals surface area contributed by atoms with Crippen LogP contribution in [0.4, 0.5) is 5.69 Å². The molecule has 0 unspecified atom stereocenters. The van der Waals surface area contributed by atoms with E-state index in [1.165, 1.54) is 0 Å². The van der Waals surface area contributed by atoms with Gasteiger partial charge in [0.15, 0.2) is 6.29 Å². The maximum atomic E-state index is 10.6. The normalized spacial score (nSPS) is 36.8. The predicted octanol–water partition coefficient (Wildman–Crippen LogP) is -0.371. The Labute approximate surface area is 141 Å². The first-order chi connectivity index (χ1) is 11.7. The summed E-state index contributed by atoms with van der Waals surface area (Å²) in [6, 6.07) is 7.47. The molecule has 7 heteroatoms. The van der Waals surface area contributed by atoms with Crippen LogP contribution in [0.25, 0.3) is 0 Å². The maximum Gasteiger partial charge on any atom is 0.176 e. The van der Waals surface area contributed by atoms with Crippen molar-refractivity contribution in [3.05, 3.63) is 24.3 Å². The fourth-order valence-electron chi connectivity index (χ4n) is 3.97. The van der Waals surface area contributed by atoms with E-state index >= 15 is 0 Å². The van der Waals surface area contributed by atoms with Gasteiger partial charge in [0.1, 0.15) is 11.9 Å². The van der Waals surface area contributed by atoms with Crippen molar-refractivity contribution in [2.45, 2.75) is 30.6 Å². The predicted molar refractivity (Wildman–Crippen MR) is 89.2 cm³/mol. The molecule has 3 heterocycles. The smallest absolute Gasteiger partial charge is 0.176 e. The molecule has 24 heavy (non-hydrogen) atoms. The van der Waals surface area contributed by atoms with Crippen LogP contribution >= 0.6 is 0 Å². The van der Waals surface area contributed by atoms with E-state index in [-0.39, 0.29) is 24.5 Å². The molecular weight excluding hydrogens is 310 g/mol. The summed E-state index contributed by atoms with van der Waals surface area (Å²) in [5, 5.41) is 10.6. The van der Waals surface area contributed by atoms with Crippen LogP contribution in [0.3, 0.4) is 0 Å². The number of benzene rings is 1. The summed E-state index contributed by atoms with van der Waals surface area (Å²) in [6.07, 6.45) is -1.17. The number of para-hydroxylation sites is 2.